The molecule has 3 N–H and O–H groups in total. The van der Waals surface area contributed by atoms with Crippen LogP contribution in [0.4, 0.5) is 10.6 Å². The normalized spacial score (nSPS) is 21.2. The van der Waals surface area contributed by atoms with Gasteiger partial charge in [0, 0.05) is 30.9 Å². The summed E-state index contributed by atoms with van der Waals surface area (Å²) in [5.41, 5.74) is 0.378. The largest absolute Gasteiger partial charge is 0.474 e. The maximum absolute atomic E-state index is 13.2. The minimum absolute atomic E-state index is 0.0106. The third-order valence-electron chi connectivity index (χ3n) is 13.1. The summed E-state index contributed by atoms with van der Waals surface area (Å²) in [6.07, 6.45) is 8.28. The Morgan fingerprint density at radius 2 is 1.77 bits per heavy atom. The summed E-state index contributed by atoms with van der Waals surface area (Å²) >= 11 is 6.44. The fourth-order valence-corrected chi connectivity index (χ4v) is 11.4. The summed E-state index contributed by atoms with van der Waals surface area (Å²) in [6, 6.07) is 9.13. The molecule has 3 saturated carbocycles. The molecule has 0 aromatic carbocycles. The molecule has 2 spiro atoms. The summed E-state index contributed by atoms with van der Waals surface area (Å²) in [7, 11) is -6.40. The van der Waals surface area contributed by atoms with Crippen molar-refractivity contribution in [2.75, 3.05) is 25.0 Å². The van der Waals surface area contributed by atoms with Crippen molar-refractivity contribution in [2.24, 2.45) is 22.7 Å². The number of amides is 2. The maximum Gasteiger partial charge on any atom is 0.407 e. The predicted octanol–water partition coefficient (Wildman–Crippen LogP) is 7.36. The van der Waals surface area contributed by atoms with Crippen molar-refractivity contribution in [1.29, 1.82) is 0 Å². The van der Waals surface area contributed by atoms with E-state index in [1.54, 1.807) is 18.3 Å². The van der Waals surface area contributed by atoms with Crippen LogP contribution in [0.3, 0.4) is 0 Å². The molecule has 304 valence electrons. The maximum atomic E-state index is 13.2. The van der Waals surface area contributed by atoms with Crippen molar-refractivity contribution < 1.29 is 32.3 Å². The van der Waals surface area contributed by atoms with Crippen LogP contribution in [-0.2, 0) is 14.4 Å². The number of nitrogens with one attached hydrogen (secondary N) is 2. The average Bonchev–Trinajstić information content (AvgIpc) is 4.06. The number of carboxylic acid groups (broad SMARTS) is 1. The zero-order valence-corrected chi connectivity index (χ0v) is 35.8. The molecule has 7 rings (SSSR count). The molecule has 2 amide bonds. The SMILES string of the molecule is CC1(C)C[C@H](CCCNc2cccc(S(=O)(=O)NC(=O)c3ccc(-n4ccc(OC[C@@H](O[Si](C)(C)C(C)(C)C)C5C6(CC6)C56CC6)n4)nc3Cl)n2)CN1C(=O)O. The van der Waals surface area contributed by atoms with Gasteiger partial charge in [0.05, 0.1) is 11.7 Å². The molecule has 2 atom stereocenters. The van der Waals surface area contributed by atoms with Crippen LogP contribution in [0, 0.1) is 22.7 Å². The highest BCUT2D eigenvalue weighted by Crippen LogP contribution is 2.93. The number of sulfonamides is 1. The Balaban J connectivity index is 0.935. The molecule has 56 heavy (non-hydrogen) atoms. The van der Waals surface area contributed by atoms with Crippen molar-refractivity contribution in [3.05, 3.63) is 53.3 Å². The number of halogens is 1. The smallest absolute Gasteiger partial charge is 0.407 e. The van der Waals surface area contributed by atoms with Crippen LogP contribution in [0.1, 0.15) is 89.9 Å². The van der Waals surface area contributed by atoms with Gasteiger partial charge >= 0.3 is 6.09 Å². The molecule has 14 nitrogen and oxygen atoms in total. The van der Waals surface area contributed by atoms with Crippen LogP contribution >= 0.6 is 11.6 Å². The molecule has 1 saturated heterocycles. The Morgan fingerprint density at radius 3 is 2.38 bits per heavy atom. The molecule has 1 aliphatic heterocycles. The molecule has 0 radical (unpaired) electrons. The number of likely N-dealkylation sites (tertiary alicyclic amines) is 1. The number of rotatable bonds is 15. The quantitative estimate of drug-likeness (QED) is 0.0792. The second kappa shape index (κ2) is 14.3. The molecular weight excluding hydrogens is 774 g/mol. The summed E-state index contributed by atoms with van der Waals surface area (Å²) < 4.78 is 43.2. The van der Waals surface area contributed by atoms with E-state index in [9.17, 15) is 23.1 Å². The van der Waals surface area contributed by atoms with Crippen molar-refractivity contribution >= 4 is 47.8 Å². The molecule has 0 unspecified atom stereocenters. The van der Waals surface area contributed by atoms with E-state index in [4.69, 9.17) is 20.8 Å². The lowest BCUT2D eigenvalue weighted by Crippen LogP contribution is -2.46. The van der Waals surface area contributed by atoms with Gasteiger partial charge < -0.3 is 24.5 Å². The molecular formula is C39H54ClN7O7SSi. The standard InChI is InChI=1S/C39H54ClN7O7SSi/c1-36(2,3)56(6,7)54-27(32-38(16-17-38)39(32)18-19-39)24-53-30-15-21-47(44-30)29-14-13-26(33(40)43-29)34(48)45-55(51,52)31-12-8-11-28(42-31)41-20-9-10-25-22-37(4,5)46(23-25)35(49)50/h8,11-15,21,25,27,32H,9-10,16-20,22-24H2,1-7H3,(H,41,42)(H,45,48)(H,49,50)/t25-,27+/m0/s1. The molecule has 4 heterocycles. The van der Waals surface area contributed by atoms with E-state index < -0.39 is 35.9 Å². The summed E-state index contributed by atoms with van der Waals surface area (Å²) in [5.74, 6) is 0.896. The van der Waals surface area contributed by atoms with Crippen LogP contribution in [0.25, 0.3) is 5.82 Å². The van der Waals surface area contributed by atoms with Gasteiger partial charge in [-0.1, -0.05) is 38.4 Å². The summed E-state index contributed by atoms with van der Waals surface area (Å²) in [4.78, 5) is 34.7. The Hall–Kier alpha value is -3.73. The predicted molar refractivity (Wildman–Crippen MR) is 214 cm³/mol. The number of anilines is 1. The molecule has 0 bridgehead atoms. The van der Waals surface area contributed by atoms with Gasteiger partial charge in [-0.15, -0.1) is 5.10 Å². The summed E-state index contributed by atoms with van der Waals surface area (Å²) in [5, 5.41) is 16.7. The van der Waals surface area contributed by atoms with Crippen LogP contribution < -0.4 is 14.8 Å². The van der Waals surface area contributed by atoms with E-state index in [-0.39, 0.29) is 32.8 Å². The topological polar surface area (TPSA) is 178 Å². The van der Waals surface area contributed by atoms with Gasteiger partial charge in [0.15, 0.2) is 19.2 Å². The number of carbonyl (C=O) groups excluding carboxylic acids is 1. The fraction of sp³-hybridized carbons (Fsp3) is 0.615. The first kappa shape index (κ1) is 40.5. The van der Waals surface area contributed by atoms with E-state index in [1.165, 1.54) is 59.5 Å². The van der Waals surface area contributed by atoms with Crippen molar-refractivity contribution in [1.82, 2.24) is 29.4 Å². The zero-order valence-electron chi connectivity index (χ0n) is 33.3. The van der Waals surface area contributed by atoms with Gasteiger partial charge in [-0.2, -0.15) is 8.42 Å². The highest BCUT2D eigenvalue weighted by atomic mass is 35.5. The first-order valence-electron chi connectivity index (χ1n) is 19.5. The number of carbonyl (C=O) groups is 2. The monoisotopic (exact) mass is 827 g/mol. The molecule has 3 aliphatic carbocycles. The molecule has 3 aromatic heterocycles. The van der Waals surface area contributed by atoms with Gasteiger partial charge in [0.1, 0.15) is 17.6 Å². The van der Waals surface area contributed by atoms with E-state index in [0.29, 0.717) is 54.0 Å². The van der Waals surface area contributed by atoms with Gasteiger partial charge in [-0.05, 0) is 124 Å². The number of hydrogen-bond acceptors (Lipinski definition) is 10. The number of aromatic nitrogens is 4. The second-order valence-electron chi connectivity index (χ2n) is 18.3. The number of pyridine rings is 2. The van der Waals surface area contributed by atoms with E-state index in [2.05, 4.69) is 54.2 Å². The molecule has 17 heteroatoms. The number of nitrogens with zero attached hydrogens (tertiary/aromatic N) is 5. The summed E-state index contributed by atoms with van der Waals surface area (Å²) in [6.45, 7) is 16.6. The second-order valence-corrected chi connectivity index (χ2v) is 25.0. The van der Waals surface area contributed by atoms with E-state index in [0.717, 1.165) is 19.3 Å². The van der Waals surface area contributed by atoms with E-state index >= 15 is 0 Å². The highest BCUT2D eigenvalue weighted by molar-refractivity contribution is 7.90. The van der Waals surface area contributed by atoms with Crippen LogP contribution in [0.2, 0.25) is 23.3 Å². The van der Waals surface area contributed by atoms with Gasteiger partial charge in [-0.3, -0.25) is 4.79 Å². The van der Waals surface area contributed by atoms with Gasteiger partial charge in [-0.25, -0.2) is 24.2 Å². The van der Waals surface area contributed by atoms with Gasteiger partial charge in [0.25, 0.3) is 15.9 Å². The number of hydrogen-bond donors (Lipinski definition) is 3. The van der Waals surface area contributed by atoms with Crippen molar-refractivity contribution in [3.8, 4) is 11.7 Å². The number of fused-ring (bicyclic) bond motifs is 1. The third-order valence-corrected chi connectivity index (χ3v) is 19.1. The van der Waals surface area contributed by atoms with E-state index in [1.807, 2.05) is 18.6 Å². The lowest BCUT2D eigenvalue weighted by molar-refractivity contribution is 0.0850. The first-order chi connectivity index (χ1) is 26.2. The minimum Gasteiger partial charge on any atom is -0.474 e. The Morgan fingerprint density at radius 1 is 1.07 bits per heavy atom. The Kier molecular flexibility index (Phi) is 10.3. The Labute approximate surface area is 335 Å². The highest BCUT2D eigenvalue weighted by Gasteiger charge is 2.88. The lowest BCUT2D eigenvalue weighted by atomic mass is 9.93. The molecule has 4 fully saturated rings. The molecule has 4 aliphatic rings. The fourth-order valence-electron chi connectivity index (χ4n) is 8.95. The minimum atomic E-state index is -4.36. The average molecular weight is 829 g/mol. The van der Waals surface area contributed by atoms with Crippen molar-refractivity contribution in [3.63, 3.8) is 0 Å². The lowest BCUT2D eigenvalue weighted by Gasteiger charge is -2.39. The zero-order chi connectivity index (χ0) is 40.5. The van der Waals surface area contributed by atoms with Crippen LogP contribution in [0.15, 0.2) is 47.6 Å². The first-order valence-corrected chi connectivity index (χ1v) is 24.3. The van der Waals surface area contributed by atoms with Crippen LogP contribution in [0.5, 0.6) is 5.88 Å². The van der Waals surface area contributed by atoms with Crippen LogP contribution in [-0.4, -0.2) is 89.8 Å². The number of ether oxygens (including phenoxy) is 1. The molecule has 3 aromatic rings. The van der Waals surface area contributed by atoms with Gasteiger partial charge in [0.2, 0.25) is 5.88 Å². The Bertz CT molecular complexity index is 2100. The third kappa shape index (κ3) is 7.78. The van der Waals surface area contributed by atoms with Crippen molar-refractivity contribution in [2.45, 2.75) is 114 Å².